The second-order valence-electron chi connectivity index (χ2n) is 5.44. The van der Waals surface area contributed by atoms with E-state index < -0.39 is 23.3 Å². The van der Waals surface area contributed by atoms with Gasteiger partial charge in [0.2, 0.25) is 5.67 Å². The number of alkyl halides is 1. The first-order chi connectivity index (χ1) is 8.18. The van der Waals surface area contributed by atoms with E-state index in [-0.39, 0.29) is 13.0 Å². The van der Waals surface area contributed by atoms with Gasteiger partial charge in [-0.2, -0.15) is 0 Å². The average molecular weight is 261 g/mol. The second-order valence-corrected chi connectivity index (χ2v) is 5.44. The first-order valence-electron chi connectivity index (χ1n) is 5.86. The summed E-state index contributed by atoms with van der Waals surface area (Å²) < 4.78 is 19.4. The third-order valence-corrected chi connectivity index (χ3v) is 2.63. The minimum atomic E-state index is -2.14. The van der Waals surface area contributed by atoms with Crippen LogP contribution in [-0.4, -0.2) is 41.3 Å². The van der Waals surface area contributed by atoms with Crippen LogP contribution in [0, 0.1) is 0 Å². The molecule has 0 saturated carbocycles. The minimum Gasteiger partial charge on any atom is -0.444 e. The molecule has 0 radical (unpaired) electrons. The highest BCUT2D eigenvalue weighted by Crippen LogP contribution is 2.26. The van der Waals surface area contributed by atoms with Gasteiger partial charge < -0.3 is 9.64 Å². The number of nitrogens with one attached hydrogen (secondary N) is 1. The second kappa shape index (κ2) is 5.09. The molecule has 6 nitrogen and oxygen atoms in total. The summed E-state index contributed by atoms with van der Waals surface area (Å²) >= 11 is 0. The Morgan fingerprint density at radius 3 is 2.56 bits per heavy atom. The van der Waals surface area contributed by atoms with E-state index in [9.17, 15) is 14.0 Å². The summed E-state index contributed by atoms with van der Waals surface area (Å²) in [6.07, 6.45) is -0.174. The normalized spacial score (nSPS) is 24.6. The monoisotopic (exact) mass is 261 g/mol. The molecular weight excluding hydrogens is 241 g/mol. The molecule has 2 amide bonds. The van der Waals surface area contributed by atoms with Crippen LogP contribution in [0.3, 0.4) is 0 Å². The number of carbonyl (C=O) groups excluding carboxylic acids is 2. The summed E-state index contributed by atoms with van der Waals surface area (Å²) in [6.45, 7) is 5.22. The third-order valence-electron chi connectivity index (χ3n) is 2.63. The Kier molecular flexibility index (Phi) is 4.16. The lowest BCUT2D eigenvalue weighted by molar-refractivity contribution is -0.136. The van der Waals surface area contributed by atoms with Crippen LogP contribution in [0.1, 0.15) is 33.6 Å². The van der Waals surface area contributed by atoms with Gasteiger partial charge in [0.05, 0.1) is 6.54 Å². The van der Waals surface area contributed by atoms with Crippen molar-refractivity contribution in [1.82, 2.24) is 10.3 Å². The van der Waals surface area contributed by atoms with E-state index in [0.717, 1.165) is 0 Å². The molecule has 3 N–H and O–H groups in total. The number of ether oxygens (including phenoxy) is 1. The predicted molar refractivity (Wildman–Crippen MR) is 63.2 cm³/mol. The molecule has 0 spiro atoms. The molecule has 1 heterocycles. The van der Waals surface area contributed by atoms with Crippen molar-refractivity contribution in [1.29, 1.82) is 0 Å². The summed E-state index contributed by atoms with van der Waals surface area (Å²) in [5, 5.41) is 0. The summed E-state index contributed by atoms with van der Waals surface area (Å²) in [4.78, 5) is 24.3. The van der Waals surface area contributed by atoms with Crippen LogP contribution in [0.4, 0.5) is 9.18 Å². The maximum Gasteiger partial charge on any atom is 0.410 e. The maximum absolute atomic E-state index is 14.3. The number of rotatable bonds is 1. The number of carbonyl (C=O) groups is 2. The maximum atomic E-state index is 14.3. The number of nitrogens with zero attached hydrogens (tertiary/aromatic N) is 1. The van der Waals surface area contributed by atoms with Crippen molar-refractivity contribution >= 4 is 12.0 Å². The Morgan fingerprint density at radius 1 is 1.44 bits per heavy atom. The van der Waals surface area contributed by atoms with Gasteiger partial charge >= 0.3 is 6.09 Å². The van der Waals surface area contributed by atoms with Crippen molar-refractivity contribution in [2.75, 3.05) is 13.1 Å². The van der Waals surface area contributed by atoms with Gasteiger partial charge in [-0.1, -0.05) is 0 Å². The number of hydrogen-bond acceptors (Lipinski definition) is 4. The summed E-state index contributed by atoms with van der Waals surface area (Å²) in [5.41, 5.74) is -0.994. The molecule has 1 fully saturated rings. The van der Waals surface area contributed by atoms with E-state index in [1.807, 2.05) is 0 Å². The van der Waals surface area contributed by atoms with Gasteiger partial charge in [-0.05, 0) is 33.6 Å². The van der Waals surface area contributed by atoms with E-state index in [1.165, 1.54) is 4.90 Å². The molecule has 18 heavy (non-hydrogen) atoms. The Hall–Kier alpha value is -1.37. The van der Waals surface area contributed by atoms with Crippen LogP contribution < -0.4 is 11.3 Å². The largest absolute Gasteiger partial charge is 0.444 e. The van der Waals surface area contributed by atoms with E-state index in [4.69, 9.17) is 10.6 Å². The Labute approximate surface area is 106 Å². The Bertz CT molecular complexity index is 343. The van der Waals surface area contributed by atoms with Crippen molar-refractivity contribution in [3.63, 3.8) is 0 Å². The molecule has 1 saturated heterocycles. The number of piperidine rings is 1. The molecule has 7 heteroatoms. The highest BCUT2D eigenvalue weighted by molar-refractivity contribution is 5.85. The number of likely N-dealkylation sites (tertiary alicyclic amines) is 1. The Morgan fingerprint density at radius 2 is 2.06 bits per heavy atom. The van der Waals surface area contributed by atoms with Crippen molar-refractivity contribution in [2.24, 2.45) is 5.84 Å². The number of halogens is 1. The lowest BCUT2D eigenvalue weighted by Crippen LogP contribution is -2.57. The van der Waals surface area contributed by atoms with Gasteiger partial charge in [-0.25, -0.2) is 15.0 Å². The molecule has 0 aromatic heterocycles. The van der Waals surface area contributed by atoms with Gasteiger partial charge in [0.1, 0.15) is 5.60 Å². The molecule has 1 aliphatic heterocycles. The van der Waals surface area contributed by atoms with Crippen LogP contribution in [0.2, 0.25) is 0 Å². The first kappa shape index (κ1) is 14.7. The summed E-state index contributed by atoms with van der Waals surface area (Å²) in [7, 11) is 0. The van der Waals surface area contributed by atoms with Gasteiger partial charge in [0, 0.05) is 6.54 Å². The zero-order chi connectivity index (χ0) is 14.0. The molecule has 0 aromatic carbocycles. The smallest absolute Gasteiger partial charge is 0.410 e. The van der Waals surface area contributed by atoms with Gasteiger partial charge in [-0.15, -0.1) is 0 Å². The SMILES string of the molecule is CC(C)(C)OC(=O)N1CCCC(F)(C(=O)NN)C1. The summed E-state index contributed by atoms with van der Waals surface area (Å²) in [6, 6.07) is 0. The molecule has 1 rings (SSSR count). The van der Waals surface area contributed by atoms with Crippen LogP contribution in [0.15, 0.2) is 0 Å². The zero-order valence-corrected chi connectivity index (χ0v) is 11.0. The number of nitrogens with two attached hydrogens (primary N) is 1. The van der Waals surface area contributed by atoms with E-state index >= 15 is 0 Å². The third kappa shape index (κ3) is 3.56. The molecule has 0 aromatic rings. The molecule has 0 bridgehead atoms. The molecular formula is C11H20FN3O3. The van der Waals surface area contributed by atoms with Crippen molar-refractivity contribution in [3.05, 3.63) is 0 Å². The zero-order valence-electron chi connectivity index (χ0n) is 11.0. The number of hydrogen-bond donors (Lipinski definition) is 2. The molecule has 1 aliphatic rings. The van der Waals surface area contributed by atoms with Crippen molar-refractivity contribution in [3.8, 4) is 0 Å². The van der Waals surface area contributed by atoms with Gasteiger partial charge in [-0.3, -0.25) is 10.2 Å². The number of amides is 2. The highest BCUT2D eigenvalue weighted by Gasteiger charge is 2.44. The quantitative estimate of drug-likeness (QED) is 0.414. The minimum absolute atomic E-state index is 0.0509. The van der Waals surface area contributed by atoms with Crippen LogP contribution in [0.25, 0.3) is 0 Å². The lowest BCUT2D eigenvalue weighted by atomic mass is 9.94. The topological polar surface area (TPSA) is 84.7 Å². The van der Waals surface area contributed by atoms with Crippen molar-refractivity contribution in [2.45, 2.75) is 44.9 Å². The van der Waals surface area contributed by atoms with E-state index in [0.29, 0.717) is 13.0 Å². The number of hydrazine groups is 1. The predicted octanol–water partition coefficient (Wildman–Crippen LogP) is 0.716. The first-order valence-corrected chi connectivity index (χ1v) is 5.86. The average Bonchev–Trinajstić information content (AvgIpc) is 2.25. The Balaban J connectivity index is 2.69. The molecule has 1 atom stereocenters. The van der Waals surface area contributed by atoms with Crippen molar-refractivity contribution < 1.29 is 18.7 Å². The fourth-order valence-corrected chi connectivity index (χ4v) is 1.81. The van der Waals surface area contributed by atoms with E-state index in [2.05, 4.69) is 0 Å². The highest BCUT2D eigenvalue weighted by atomic mass is 19.1. The fraction of sp³-hybridized carbons (Fsp3) is 0.818. The van der Waals surface area contributed by atoms with Gasteiger partial charge in [0.15, 0.2) is 0 Å². The molecule has 1 unspecified atom stereocenters. The molecule has 104 valence electrons. The van der Waals surface area contributed by atoms with Crippen LogP contribution in [-0.2, 0) is 9.53 Å². The van der Waals surface area contributed by atoms with Crippen LogP contribution >= 0.6 is 0 Å². The lowest BCUT2D eigenvalue weighted by Gasteiger charge is -2.36. The van der Waals surface area contributed by atoms with Gasteiger partial charge in [0.25, 0.3) is 5.91 Å². The standard InChI is InChI=1S/C11H20FN3O3/c1-10(2,3)18-9(17)15-6-4-5-11(12,7-15)8(16)14-13/h4-7,13H2,1-3H3,(H,14,16). The van der Waals surface area contributed by atoms with Crippen LogP contribution in [0.5, 0.6) is 0 Å². The summed E-state index contributed by atoms with van der Waals surface area (Å²) in [5.74, 6) is 4.03. The fourth-order valence-electron chi connectivity index (χ4n) is 1.81. The van der Waals surface area contributed by atoms with E-state index in [1.54, 1.807) is 26.2 Å². The molecule has 0 aliphatic carbocycles.